The van der Waals surface area contributed by atoms with Gasteiger partial charge in [0, 0.05) is 6.54 Å². The van der Waals surface area contributed by atoms with Crippen LogP contribution in [0.2, 0.25) is 5.02 Å². The van der Waals surface area contributed by atoms with E-state index >= 15 is 0 Å². The van der Waals surface area contributed by atoms with Crippen molar-refractivity contribution < 1.29 is 0 Å². The van der Waals surface area contributed by atoms with Crippen LogP contribution < -0.4 is 5.32 Å². The van der Waals surface area contributed by atoms with E-state index in [1.165, 1.54) is 44.2 Å². The molecule has 1 aliphatic carbocycles. The highest BCUT2D eigenvalue weighted by molar-refractivity contribution is 6.31. The molecule has 1 aromatic rings. The molecule has 1 aliphatic rings. The molecule has 0 bridgehead atoms. The van der Waals surface area contributed by atoms with Crippen LogP contribution in [0.5, 0.6) is 0 Å². The minimum Gasteiger partial charge on any atom is -0.309 e. The molecular weight excluding hydrogens is 282 g/mol. The van der Waals surface area contributed by atoms with Gasteiger partial charge >= 0.3 is 0 Å². The van der Waals surface area contributed by atoms with Gasteiger partial charge in [-0.25, -0.2) is 0 Å². The van der Waals surface area contributed by atoms with Gasteiger partial charge in [-0.2, -0.15) is 5.10 Å². The molecule has 1 fully saturated rings. The number of halogens is 1. The van der Waals surface area contributed by atoms with Gasteiger partial charge in [-0.05, 0) is 38.1 Å². The van der Waals surface area contributed by atoms with Crippen LogP contribution in [0.4, 0.5) is 0 Å². The fourth-order valence-corrected chi connectivity index (χ4v) is 3.74. The van der Waals surface area contributed by atoms with Crippen molar-refractivity contribution in [3.63, 3.8) is 0 Å². The van der Waals surface area contributed by atoms with Crippen LogP contribution in [-0.2, 0) is 6.54 Å². The van der Waals surface area contributed by atoms with Gasteiger partial charge in [0.25, 0.3) is 0 Å². The van der Waals surface area contributed by atoms with Crippen molar-refractivity contribution in [2.24, 2.45) is 5.92 Å². The molecule has 0 amide bonds. The molecule has 0 spiro atoms. The first kappa shape index (κ1) is 16.8. The second-order valence-corrected chi connectivity index (χ2v) is 6.74. The van der Waals surface area contributed by atoms with Gasteiger partial charge < -0.3 is 5.32 Å². The standard InChI is InChI=1S/C17H30ClN3/c1-3-11-19-16(10-9-14-7-5-6-8-14)17-15(18)13-20-21(17)12-4-2/h13-14,16,19H,3-12H2,1-2H3. The van der Waals surface area contributed by atoms with E-state index in [0.29, 0.717) is 6.04 Å². The Balaban J connectivity index is 2.04. The predicted octanol–water partition coefficient (Wildman–Crippen LogP) is 4.96. The van der Waals surface area contributed by atoms with E-state index < -0.39 is 0 Å². The first-order chi connectivity index (χ1) is 10.3. The maximum atomic E-state index is 6.43. The average Bonchev–Trinajstić information content (AvgIpc) is 3.11. The van der Waals surface area contributed by atoms with Crippen LogP contribution in [0.15, 0.2) is 6.20 Å². The first-order valence-corrected chi connectivity index (χ1v) is 9.08. The van der Waals surface area contributed by atoms with E-state index in [2.05, 4.69) is 28.9 Å². The maximum Gasteiger partial charge on any atom is 0.0834 e. The Hall–Kier alpha value is -0.540. The van der Waals surface area contributed by atoms with Crippen molar-refractivity contribution in [3.05, 3.63) is 16.9 Å². The zero-order valence-electron chi connectivity index (χ0n) is 13.6. The first-order valence-electron chi connectivity index (χ1n) is 8.70. The molecule has 1 aromatic heterocycles. The molecule has 1 N–H and O–H groups in total. The Kier molecular flexibility index (Phi) is 7.05. The minimum atomic E-state index is 0.354. The zero-order valence-corrected chi connectivity index (χ0v) is 14.3. The molecule has 1 saturated carbocycles. The van der Waals surface area contributed by atoms with Crippen molar-refractivity contribution >= 4 is 11.6 Å². The van der Waals surface area contributed by atoms with Crippen LogP contribution in [0.25, 0.3) is 0 Å². The third kappa shape index (κ3) is 4.72. The summed E-state index contributed by atoms with van der Waals surface area (Å²) >= 11 is 6.43. The number of hydrogen-bond donors (Lipinski definition) is 1. The zero-order chi connectivity index (χ0) is 15.1. The Labute approximate surface area is 134 Å². The van der Waals surface area contributed by atoms with Crippen LogP contribution >= 0.6 is 11.6 Å². The summed E-state index contributed by atoms with van der Waals surface area (Å²) in [5, 5.41) is 8.97. The fourth-order valence-electron chi connectivity index (χ4n) is 3.46. The molecule has 0 radical (unpaired) electrons. The highest BCUT2D eigenvalue weighted by atomic mass is 35.5. The summed E-state index contributed by atoms with van der Waals surface area (Å²) in [7, 11) is 0. The fraction of sp³-hybridized carbons (Fsp3) is 0.824. The number of nitrogens with zero attached hydrogens (tertiary/aromatic N) is 2. The van der Waals surface area contributed by atoms with E-state index in [9.17, 15) is 0 Å². The average molecular weight is 312 g/mol. The molecule has 3 nitrogen and oxygen atoms in total. The molecular formula is C17H30ClN3. The lowest BCUT2D eigenvalue weighted by Gasteiger charge is -2.22. The van der Waals surface area contributed by atoms with Crippen molar-refractivity contribution in [2.45, 2.75) is 77.8 Å². The van der Waals surface area contributed by atoms with Crippen molar-refractivity contribution in [1.82, 2.24) is 15.1 Å². The molecule has 21 heavy (non-hydrogen) atoms. The summed E-state index contributed by atoms with van der Waals surface area (Å²) in [6.07, 6.45) is 12.2. The van der Waals surface area contributed by atoms with Gasteiger partial charge in [0.05, 0.1) is 23.0 Å². The molecule has 4 heteroatoms. The van der Waals surface area contributed by atoms with E-state index in [1.54, 1.807) is 0 Å². The summed E-state index contributed by atoms with van der Waals surface area (Å²) < 4.78 is 2.10. The molecule has 1 heterocycles. The molecule has 1 atom stereocenters. The van der Waals surface area contributed by atoms with Gasteiger partial charge in [0.15, 0.2) is 0 Å². The summed E-state index contributed by atoms with van der Waals surface area (Å²) in [5.41, 5.74) is 1.20. The van der Waals surface area contributed by atoms with E-state index in [0.717, 1.165) is 36.9 Å². The molecule has 0 aliphatic heterocycles. The minimum absolute atomic E-state index is 0.354. The van der Waals surface area contributed by atoms with Crippen molar-refractivity contribution in [2.75, 3.05) is 6.54 Å². The number of rotatable bonds is 9. The lowest BCUT2D eigenvalue weighted by Crippen LogP contribution is -2.25. The molecule has 2 rings (SSSR count). The molecule has 120 valence electrons. The van der Waals surface area contributed by atoms with Gasteiger partial charge in [-0.3, -0.25) is 4.68 Å². The van der Waals surface area contributed by atoms with Gasteiger partial charge in [0.1, 0.15) is 0 Å². The summed E-state index contributed by atoms with van der Waals surface area (Å²) in [4.78, 5) is 0. The molecule has 1 unspecified atom stereocenters. The lowest BCUT2D eigenvalue weighted by molar-refractivity contribution is 0.391. The highest BCUT2D eigenvalue weighted by Crippen LogP contribution is 2.33. The van der Waals surface area contributed by atoms with Crippen LogP contribution in [0.1, 0.15) is 76.9 Å². The number of aryl methyl sites for hydroxylation is 1. The Morgan fingerprint density at radius 1 is 1.33 bits per heavy atom. The summed E-state index contributed by atoms with van der Waals surface area (Å²) in [6, 6.07) is 0.354. The second-order valence-electron chi connectivity index (χ2n) is 6.34. The number of nitrogens with one attached hydrogen (secondary N) is 1. The molecule has 0 aromatic carbocycles. The van der Waals surface area contributed by atoms with Crippen LogP contribution in [0, 0.1) is 5.92 Å². The van der Waals surface area contributed by atoms with Crippen LogP contribution in [0.3, 0.4) is 0 Å². The Morgan fingerprint density at radius 3 is 2.76 bits per heavy atom. The van der Waals surface area contributed by atoms with Gasteiger partial charge in [0.2, 0.25) is 0 Å². The van der Waals surface area contributed by atoms with E-state index in [-0.39, 0.29) is 0 Å². The Morgan fingerprint density at radius 2 is 2.10 bits per heavy atom. The third-order valence-corrected chi connectivity index (χ3v) is 4.87. The van der Waals surface area contributed by atoms with Crippen molar-refractivity contribution in [3.8, 4) is 0 Å². The second kappa shape index (κ2) is 8.79. The Bertz CT molecular complexity index is 410. The maximum absolute atomic E-state index is 6.43. The van der Waals surface area contributed by atoms with E-state index in [4.69, 9.17) is 11.6 Å². The smallest absolute Gasteiger partial charge is 0.0834 e. The van der Waals surface area contributed by atoms with E-state index in [1.807, 2.05) is 6.20 Å². The largest absolute Gasteiger partial charge is 0.309 e. The third-order valence-electron chi connectivity index (χ3n) is 4.58. The topological polar surface area (TPSA) is 29.9 Å². The SMILES string of the molecule is CCCNC(CCC1CCCC1)c1c(Cl)cnn1CCC. The normalized spacial score (nSPS) is 17.5. The van der Waals surface area contributed by atoms with Gasteiger partial charge in [-0.15, -0.1) is 0 Å². The van der Waals surface area contributed by atoms with Gasteiger partial charge in [-0.1, -0.05) is 51.1 Å². The van der Waals surface area contributed by atoms with Crippen LogP contribution in [-0.4, -0.2) is 16.3 Å². The highest BCUT2D eigenvalue weighted by Gasteiger charge is 2.22. The number of aromatic nitrogens is 2. The monoisotopic (exact) mass is 311 g/mol. The summed E-state index contributed by atoms with van der Waals surface area (Å²) in [6.45, 7) is 6.40. The quantitative estimate of drug-likeness (QED) is 0.698. The predicted molar refractivity (Wildman–Crippen MR) is 89.8 cm³/mol. The number of hydrogen-bond acceptors (Lipinski definition) is 2. The lowest BCUT2D eigenvalue weighted by atomic mass is 9.97. The van der Waals surface area contributed by atoms with Crippen molar-refractivity contribution in [1.29, 1.82) is 0 Å². The summed E-state index contributed by atoms with van der Waals surface area (Å²) in [5.74, 6) is 0.928. The molecule has 0 saturated heterocycles.